The fraction of sp³-hybridized carbons (Fsp3) is 0.214. The van der Waals surface area contributed by atoms with E-state index in [-0.39, 0.29) is 11.8 Å². The van der Waals surface area contributed by atoms with Crippen LogP contribution in [-0.2, 0) is 11.2 Å². The summed E-state index contributed by atoms with van der Waals surface area (Å²) >= 11 is 1.44. The minimum absolute atomic E-state index is 0.175. The fourth-order valence-corrected chi connectivity index (χ4v) is 2.84. The fourth-order valence-electron chi connectivity index (χ4n) is 2.03. The predicted molar refractivity (Wildman–Crippen MR) is 85.4 cm³/mol. The minimum Gasteiger partial charge on any atom is -0.352 e. The van der Waals surface area contributed by atoms with Crippen LogP contribution in [0.3, 0.4) is 0 Å². The average Bonchev–Trinajstić information content (AvgIpc) is 3.08. The molecule has 2 amide bonds. The maximum atomic E-state index is 12.1. The van der Waals surface area contributed by atoms with Gasteiger partial charge in [-0.05, 0) is 18.2 Å². The first-order chi connectivity index (χ1) is 11.1. The van der Waals surface area contributed by atoms with Crippen molar-refractivity contribution in [1.82, 2.24) is 25.1 Å². The molecule has 3 rings (SSSR count). The van der Waals surface area contributed by atoms with Gasteiger partial charge in [0.25, 0.3) is 5.91 Å². The Balaban J connectivity index is 1.56. The third-order valence-electron chi connectivity index (χ3n) is 3.00. The molecule has 0 saturated carbocycles. The number of amides is 2. The highest BCUT2D eigenvalue weighted by molar-refractivity contribution is 7.16. The minimum atomic E-state index is -0.194. The number of carbonyl (C=O) groups excluding carboxylic acids is 2. The van der Waals surface area contributed by atoms with E-state index in [9.17, 15) is 9.59 Å². The van der Waals surface area contributed by atoms with Gasteiger partial charge in [0.15, 0.2) is 0 Å². The number of hydrogen-bond acceptors (Lipinski definition) is 6. The van der Waals surface area contributed by atoms with E-state index in [0.717, 1.165) is 9.97 Å². The van der Waals surface area contributed by atoms with Gasteiger partial charge in [-0.3, -0.25) is 9.59 Å². The molecular weight excluding hydrogens is 316 g/mol. The highest BCUT2D eigenvalue weighted by atomic mass is 32.1. The summed E-state index contributed by atoms with van der Waals surface area (Å²) in [5.74, 6) is -0.369. The molecule has 0 aliphatic heterocycles. The van der Waals surface area contributed by atoms with Crippen LogP contribution in [0.15, 0.2) is 30.6 Å². The van der Waals surface area contributed by atoms with Gasteiger partial charge in [-0.25, -0.2) is 0 Å². The summed E-state index contributed by atoms with van der Waals surface area (Å²) in [7, 11) is 0. The number of rotatable bonds is 5. The molecule has 0 radical (unpaired) electrons. The number of fused-ring (bicyclic) bond motifs is 1. The van der Waals surface area contributed by atoms with Gasteiger partial charge in [0.2, 0.25) is 10.9 Å². The van der Waals surface area contributed by atoms with Crippen LogP contribution in [0.4, 0.5) is 5.69 Å². The van der Waals surface area contributed by atoms with Crippen LogP contribution < -0.4 is 10.6 Å². The Morgan fingerprint density at radius 1 is 1.35 bits per heavy atom. The van der Waals surface area contributed by atoms with Crippen LogP contribution in [0.25, 0.3) is 4.96 Å². The Morgan fingerprint density at radius 3 is 3.00 bits per heavy atom. The highest BCUT2D eigenvalue weighted by Gasteiger charge is 2.08. The maximum absolute atomic E-state index is 12.1. The molecule has 8 nitrogen and oxygen atoms in total. The summed E-state index contributed by atoms with van der Waals surface area (Å²) < 4.78 is 1.61. The highest BCUT2D eigenvalue weighted by Crippen LogP contribution is 2.12. The SMILES string of the molecule is CC(=O)Nc1cccc(C(=O)NCCc2nn3cnnc3s2)c1. The Labute approximate surface area is 135 Å². The Hall–Kier alpha value is -2.81. The van der Waals surface area contributed by atoms with Crippen molar-refractivity contribution in [3.8, 4) is 0 Å². The Bertz CT molecular complexity index is 827. The third kappa shape index (κ3) is 3.69. The smallest absolute Gasteiger partial charge is 0.251 e. The first kappa shape index (κ1) is 15.1. The summed E-state index contributed by atoms with van der Waals surface area (Å²) in [6.07, 6.45) is 2.16. The van der Waals surface area contributed by atoms with Crippen LogP contribution in [0.5, 0.6) is 0 Å². The van der Waals surface area contributed by atoms with Crippen molar-refractivity contribution in [2.75, 3.05) is 11.9 Å². The van der Waals surface area contributed by atoms with Crippen LogP contribution in [0.1, 0.15) is 22.3 Å². The lowest BCUT2D eigenvalue weighted by molar-refractivity contribution is -0.114. The zero-order chi connectivity index (χ0) is 16.2. The van der Waals surface area contributed by atoms with E-state index in [1.807, 2.05) is 0 Å². The van der Waals surface area contributed by atoms with Gasteiger partial charge < -0.3 is 10.6 Å². The van der Waals surface area contributed by atoms with Gasteiger partial charge in [0.1, 0.15) is 11.3 Å². The molecule has 1 aromatic carbocycles. The van der Waals surface area contributed by atoms with Crippen LogP contribution in [0.2, 0.25) is 0 Å². The first-order valence-electron chi connectivity index (χ1n) is 6.93. The van der Waals surface area contributed by atoms with Gasteiger partial charge in [0.05, 0.1) is 0 Å². The number of hydrogen-bond donors (Lipinski definition) is 2. The van der Waals surface area contributed by atoms with Gasteiger partial charge in [-0.2, -0.15) is 9.61 Å². The molecule has 0 aliphatic carbocycles. The molecule has 0 aliphatic rings. The molecule has 2 N–H and O–H groups in total. The lowest BCUT2D eigenvalue weighted by Crippen LogP contribution is -2.25. The predicted octanol–water partition coefficient (Wildman–Crippen LogP) is 1.12. The zero-order valence-electron chi connectivity index (χ0n) is 12.3. The standard InChI is InChI=1S/C14H14N6O2S/c1-9(21)17-11-4-2-3-10(7-11)13(22)15-6-5-12-19-20-8-16-18-14(20)23-12/h2-4,7-8H,5-6H2,1H3,(H,15,22)(H,17,21). The van der Waals surface area contributed by atoms with Crippen molar-refractivity contribution in [2.24, 2.45) is 0 Å². The first-order valence-corrected chi connectivity index (χ1v) is 7.75. The molecule has 0 fully saturated rings. The molecule has 0 spiro atoms. The number of nitrogens with zero attached hydrogens (tertiary/aromatic N) is 4. The monoisotopic (exact) mass is 330 g/mol. The van der Waals surface area contributed by atoms with Crippen molar-refractivity contribution < 1.29 is 9.59 Å². The molecule has 0 bridgehead atoms. The number of aromatic nitrogens is 4. The van der Waals surface area contributed by atoms with Gasteiger partial charge >= 0.3 is 0 Å². The topological polar surface area (TPSA) is 101 Å². The van der Waals surface area contributed by atoms with E-state index in [1.54, 1.807) is 35.1 Å². The molecule has 0 unspecified atom stereocenters. The van der Waals surface area contributed by atoms with E-state index in [4.69, 9.17) is 0 Å². The van der Waals surface area contributed by atoms with E-state index in [0.29, 0.717) is 24.2 Å². The van der Waals surface area contributed by atoms with Gasteiger partial charge in [0, 0.05) is 31.1 Å². The average molecular weight is 330 g/mol. The number of benzene rings is 1. The normalized spacial score (nSPS) is 10.7. The van der Waals surface area contributed by atoms with E-state index in [2.05, 4.69) is 25.9 Å². The summed E-state index contributed by atoms with van der Waals surface area (Å²) in [4.78, 5) is 23.9. The Kier molecular flexibility index (Phi) is 4.29. The van der Waals surface area contributed by atoms with Crippen molar-refractivity contribution in [3.63, 3.8) is 0 Å². The van der Waals surface area contributed by atoms with Crippen LogP contribution in [-0.4, -0.2) is 38.2 Å². The lowest BCUT2D eigenvalue weighted by Gasteiger charge is -2.06. The summed E-state index contributed by atoms with van der Waals surface area (Å²) in [5.41, 5.74) is 1.09. The van der Waals surface area contributed by atoms with Crippen molar-refractivity contribution >= 4 is 33.8 Å². The molecule has 2 aromatic heterocycles. The quantitative estimate of drug-likeness (QED) is 0.730. The second-order valence-corrected chi connectivity index (χ2v) is 5.86. The maximum Gasteiger partial charge on any atom is 0.251 e. The van der Waals surface area contributed by atoms with Crippen LogP contribution in [0, 0.1) is 0 Å². The summed E-state index contributed by atoms with van der Waals surface area (Å²) in [6, 6.07) is 6.80. The molecule has 0 saturated heterocycles. The summed E-state index contributed by atoms with van der Waals surface area (Å²) in [5, 5.41) is 18.3. The number of nitrogens with one attached hydrogen (secondary N) is 2. The number of anilines is 1. The van der Waals surface area contributed by atoms with Crippen LogP contribution >= 0.6 is 11.3 Å². The molecule has 3 aromatic rings. The molecule has 9 heteroatoms. The molecule has 118 valence electrons. The largest absolute Gasteiger partial charge is 0.352 e. The van der Waals surface area contributed by atoms with E-state index >= 15 is 0 Å². The van der Waals surface area contributed by atoms with Gasteiger partial charge in [-0.1, -0.05) is 17.4 Å². The molecule has 2 heterocycles. The molecular formula is C14H14N6O2S. The van der Waals surface area contributed by atoms with Crippen molar-refractivity contribution in [3.05, 3.63) is 41.2 Å². The van der Waals surface area contributed by atoms with Crippen molar-refractivity contribution in [2.45, 2.75) is 13.3 Å². The second-order valence-electron chi connectivity index (χ2n) is 4.82. The van der Waals surface area contributed by atoms with E-state index < -0.39 is 0 Å². The molecule has 23 heavy (non-hydrogen) atoms. The number of carbonyl (C=O) groups is 2. The van der Waals surface area contributed by atoms with E-state index in [1.165, 1.54) is 18.3 Å². The Morgan fingerprint density at radius 2 is 2.22 bits per heavy atom. The second kappa shape index (κ2) is 6.53. The summed E-state index contributed by atoms with van der Waals surface area (Å²) in [6.45, 7) is 1.89. The lowest BCUT2D eigenvalue weighted by atomic mass is 10.2. The molecule has 0 atom stereocenters. The van der Waals surface area contributed by atoms with Gasteiger partial charge in [-0.15, -0.1) is 10.2 Å². The third-order valence-corrected chi connectivity index (χ3v) is 3.97. The zero-order valence-corrected chi connectivity index (χ0v) is 13.1. The van der Waals surface area contributed by atoms with Crippen molar-refractivity contribution in [1.29, 1.82) is 0 Å².